The third kappa shape index (κ3) is 6.66. The fourth-order valence-corrected chi connectivity index (χ4v) is 0.994. The Labute approximate surface area is 103 Å². The number of carbonyl (C=O) groups excluding carboxylic acids is 2. The van der Waals surface area contributed by atoms with Gasteiger partial charge in [-0.1, -0.05) is 0 Å². The maximum atomic E-state index is 13.0. The van der Waals surface area contributed by atoms with Crippen LogP contribution in [0.4, 0.5) is 9.18 Å². The number of primary amides is 1. The molecule has 0 saturated heterocycles. The van der Waals surface area contributed by atoms with Crippen LogP contribution in [0.15, 0.2) is 0 Å². The zero-order valence-corrected chi connectivity index (χ0v) is 10.4. The van der Waals surface area contributed by atoms with Crippen LogP contribution >= 0.6 is 0 Å². The molecular weight excluding hydrogens is 247 g/mol. The average molecular weight is 264 g/mol. The van der Waals surface area contributed by atoms with E-state index in [-0.39, 0.29) is 0 Å². The van der Waals surface area contributed by atoms with Crippen molar-refractivity contribution in [2.24, 2.45) is 5.73 Å². The summed E-state index contributed by atoms with van der Waals surface area (Å²) in [5.74, 6) is -2.77. The second kappa shape index (κ2) is 6.18. The lowest BCUT2D eigenvalue weighted by atomic mass is 10.1. The normalized spacial score (nSPS) is 14.4. The molecule has 0 aliphatic rings. The molecule has 0 spiro atoms. The topological polar surface area (TPSA) is 119 Å². The second-order valence-corrected chi connectivity index (χ2v) is 4.64. The summed E-state index contributed by atoms with van der Waals surface area (Å²) in [7, 11) is 0. The fourth-order valence-electron chi connectivity index (χ4n) is 0.994. The monoisotopic (exact) mass is 264 g/mol. The molecule has 18 heavy (non-hydrogen) atoms. The van der Waals surface area contributed by atoms with Gasteiger partial charge in [-0.3, -0.25) is 4.79 Å². The van der Waals surface area contributed by atoms with Gasteiger partial charge in [0.1, 0.15) is 11.6 Å². The molecule has 0 fully saturated rings. The Kier molecular flexibility index (Phi) is 5.54. The third-order valence-electron chi connectivity index (χ3n) is 1.74. The lowest BCUT2D eigenvalue weighted by Gasteiger charge is -2.22. The van der Waals surface area contributed by atoms with Gasteiger partial charge in [-0.25, -0.2) is 14.0 Å². The first-order valence-corrected chi connectivity index (χ1v) is 5.18. The number of aliphatic carboxylic acids is 1. The van der Waals surface area contributed by atoms with E-state index in [0.717, 1.165) is 0 Å². The largest absolute Gasteiger partial charge is 0.480 e. The number of carboxylic acids is 1. The number of hydrogen-bond acceptors (Lipinski definition) is 4. The van der Waals surface area contributed by atoms with Crippen molar-refractivity contribution < 1.29 is 28.6 Å². The summed E-state index contributed by atoms with van der Waals surface area (Å²) in [4.78, 5) is 32.5. The molecule has 0 aromatic heterocycles. The smallest absolute Gasteiger partial charge is 0.408 e. The summed E-state index contributed by atoms with van der Waals surface area (Å²) >= 11 is 0. The number of alkyl halides is 1. The van der Waals surface area contributed by atoms with Crippen molar-refractivity contribution in [2.75, 3.05) is 0 Å². The van der Waals surface area contributed by atoms with Gasteiger partial charge in [0, 0.05) is 6.42 Å². The number of carbonyl (C=O) groups is 3. The molecule has 7 nitrogen and oxygen atoms in total. The predicted octanol–water partition coefficient (Wildman–Crippen LogP) is 0.178. The molecule has 2 atom stereocenters. The van der Waals surface area contributed by atoms with Gasteiger partial charge in [0.05, 0.1) is 0 Å². The Hall–Kier alpha value is -1.86. The standard InChI is InChI=1S/C10H17FN2O5/c1-10(2,3)18-9(17)13-6(8(15)16)4-5(11)7(12)14/h5-6H,4H2,1-3H3,(H2,12,14)(H,13,17)(H,15,16)/t5-,6-/m0/s1. The van der Waals surface area contributed by atoms with E-state index in [1.807, 2.05) is 5.32 Å². The summed E-state index contributed by atoms with van der Waals surface area (Å²) < 4.78 is 17.8. The number of nitrogens with two attached hydrogens (primary N) is 1. The van der Waals surface area contributed by atoms with Gasteiger partial charge in [0.15, 0.2) is 6.17 Å². The van der Waals surface area contributed by atoms with Crippen molar-refractivity contribution in [1.82, 2.24) is 5.32 Å². The van der Waals surface area contributed by atoms with Gasteiger partial charge in [0.2, 0.25) is 0 Å². The van der Waals surface area contributed by atoms with E-state index >= 15 is 0 Å². The molecule has 0 saturated carbocycles. The highest BCUT2D eigenvalue weighted by atomic mass is 19.1. The van der Waals surface area contributed by atoms with Crippen molar-refractivity contribution >= 4 is 18.0 Å². The molecule has 0 aliphatic heterocycles. The van der Waals surface area contributed by atoms with Crippen LogP contribution in [-0.4, -0.2) is 40.9 Å². The van der Waals surface area contributed by atoms with Crippen LogP contribution in [0.1, 0.15) is 27.2 Å². The maximum Gasteiger partial charge on any atom is 0.408 e. The highest BCUT2D eigenvalue weighted by Crippen LogP contribution is 2.08. The number of ether oxygens (including phenoxy) is 1. The van der Waals surface area contributed by atoms with Crippen LogP contribution in [0.3, 0.4) is 0 Å². The van der Waals surface area contributed by atoms with Crippen molar-refractivity contribution in [3.8, 4) is 0 Å². The highest BCUT2D eigenvalue weighted by molar-refractivity contribution is 5.83. The van der Waals surface area contributed by atoms with Crippen LogP contribution in [0.5, 0.6) is 0 Å². The van der Waals surface area contributed by atoms with Gasteiger partial charge in [0.25, 0.3) is 5.91 Å². The van der Waals surface area contributed by atoms with E-state index in [9.17, 15) is 18.8 Å². The van der Waals surface area contributed by atoms with Crippen LogP contribution < -0.4 is 11.1 Å². The Morgan fingerprint density at radius 2 is 1.89 bits per heavy atom. The summed E-state index contributed by atoms with van der Waals surface area (Å²) in [5.41, 5.74) is 3.85. The van der Waals surface area contributed by atoms with Gasteiger partial charge < -0.3 is 20.9 Å². The third-order valence-corrected chi connectivity index (χ3v) is 1.74. The molecular formula is C10H17FN2O5. The number of nitrogens with one attached hydrogen (secondary N) is 1. The Balaban J connectivity index is 4.50. The minimum Gasteiger partial charge on any atom is -0.480 e. The van der Waals surface area contributed by atoms with E-state index in [4.69, 9.17) is 9.84 Å². The van der Waals surface area contributed by atoms with Crippen molar-refractivity contribution in [2.45, 2.75) is 45.0 Å². The highest BCUT2D eigenvalue weighted by Gasteiger charge is 2.28. The molecule has 0 bridgehead atoms. The van der Waals surface area contributed by atoms with Crippen LogP contribution in [-0.2, 0) is 14.3 Å². The molecule has 4 N–H and O–H groups in total. The molecule has 0 unspecified atom stereocenters. The Bertz CT molecular complexity index is 340. The molecule has 0 aliphatic carbocycles. The van der Waals surface area contributed by atoms with Gasteiger partial charge in [-0.05, 0) is 20.8 Å². The van der Waals surface area contributed by atoms with Crippen LogP contribution in [0.2, 0.25) is 0 Å². The zero-order valence-electron chi connectivity index (χ0n) is 10.4. The second-order valence-electron chi connectivity index (χ2n) is 4.64. The number of rotatable bonds is 5. The quantitative estimate of drug-likeness (QED) is 0.654. The molecule has 0 radical (unpaired) electrons. The molecule has 0 aromatic carbocycles. The van der Waals surface area contributed by atoms with E-state index in [1.165, 1.54) is 0 Å². The first-order valence-electron chi connectivity index (χ1n) is 5.18. The summed E-state index contributed by atoms with van der Waals surface area (Å²) in [6, 6.07) is -1.58. The van der Waals surface area contributed by atoms with Gasteiger partial charge in [-0.2, -0.15) is 0 Å². The van der Waals surface area contributed by atoms with Gasteiger partial charge in [-0.15, -0.1) is 0 Å². The molecule has 0 aromatic rings. The van der Waals surface area contributed by atoms with Crippen molar-refractivity contribution in [1.29, 1.82) is 0 Å². The van der Waals surface area contributed by atoms with Gasteiger partial charge >= 0.3 is 12.1 Å². The molecule has 2 amide bonds. The molecule has 0 heterocycles. The number of alkyl carbamates (subject to hydrolysis) is 1. The predicted molar refractivity (Wildman–Crippen MR) is 59.5 cm³/mol. The SMILES string of the molecule is CC(C)(C)OC(=O)N[C@@H](C[C@H](F)C(N)=O)C(=O)O. The van der Waals surface area contributed by atoms with E-state index < -0.39 is 42.2 Å². The average Bonchev–Trinajstić information content (AvgIpc) is 2.12. The lowest BCUT2D eigenvalue weighted by Crippen LogP contribution is -2.46. The first kappa shape index (κ1) is 16.1. The lowest BCUT2D eigenvalue weighted by molar-refractivity contribution is -0.140. The van der Waals surface area contributed by atoms with E-state index in [1.54, 1.807) is 20.8 Å². The Morgan fingerprint density at radius 1 is 1.39 bits per heavy atom. The summed E-state index contributed by atoms with van der Waals surface area (Å²) in [6.45, 7) is 4.76. The fraction of sp³-hybridized carbons (Fsp3) is 0.700. The van der Waals surface area contributed by atoms with Crippen molar-refractivity contribution in [3.63, 3.8) is 0 Å². The number of carboxylic acid groups (broad SMARTS) is 1. The van der Waals surface area contributed by atoms with Crippen LogP contribution in [0, 0.1) is 0 Å². The Morgan fingerprint density at radius 3 is 2.22 bits per heavy atom. The van der Waals surface area contributed by atoms with E-state index in [2.05, 4.69) is 5.73 Å². The molecule has 104 valence electrons. The summed E-state index contributed by atoms with van der Waals surface area (Å²) in [6.07, 6.45) is -3.91. The minimum absolute atomic E-state index is 0.746. The molecule has 8 heteroatoms. The van der Waals surface area contributed by atoms with Crippen molar-refractivity contribution in [3.05, 3.63) is 0 Å². The van der Waals surface area contributed by atoms with E-state index in [0.29, 0.717) is 0 Å². The maximum absolute atomic E-state index is 13.0. The minimum atomic E-state index is -2.15. The first-order chi connectivity index (χ1) is 8.03. The van der Waals surface area contributed by atoms with Crippen LogP contribution in [0.25, 0.3) is 0 Å². The number of halogens is 1. The summed E-state index contributed by atoms with van der Waals surface area (Å²) in [5, 5.41) is 10.7. The number of hydrogen-bond donors (Lipinski definition) is 3. The zero-order chi connectivity index (χ0) is 14.5. The molecule has 0 rings (SSSR count). The number of amides is 2.